The second-order valence-corrected chi connectivity index (χ2v) is 3.98. The van der Waals surface area contributed by atoms with Crippen LogP contribution in [0.2, 0.25) is 0 Å². The van der Waals surface area contributed by atoms with Gasteiger partial charge in [-0.05, 0) is 37.1 Å². The number of nitrogens with zero attached hydrogens (tertiary/aromatic N) is 1. The molecule has 1 aromatic carbocycles. The van der Waals surface area contributed by atoms with E-state index in [1.54, 1.807) is 18.3 Å². The Hall–Kier alpha value is -2.36. The average Bonchev–Trinajstić information content (AvgIpc) is 2.86. The molecule has 1 heterocycles. The summed E-state index contributed by atoms with van der Waals surface area (Å²) in [6.45, 7) is 4.01. The van der Waals surface area contributed by atoms with Gasteiger partial charge in [0.2, 0.25) is 0 Å². The monoisotopic (exact) mass is 242 g/mol. The second kappa shape index (κ2) is 5.31. The van der Waals surface area contributed by atoms with Gasteiger partial charge in [-0.2, -0.15) is 5.10 Å². The lowest BCUT2D eigenvalue weighted by Gasteiger charge is -2.03. The lowest BCUT2D eigenvalue weighted by molar-refractivity contribution is 0.0927. The highest BCUT2D eigenvalue weighted by Crippen LogP contribution is 2.10. The van der Waals surface area contributed by atoms with Crippen molar-refractivity contribution in [3.8, 4) is 0 Å². The van der Waals surface area contributed by atoms with Crippen molar-refractivity contribution in [2.45, 2.75) is 13.8 Å². The summed E-state index contributed by atoms with van der Waals surface area (Å²) in [7, 11) is 0. The molecule has 4 heteroatoms. The van der Waals surface area contributed by atoms with Gasteiger partial charge in [0, 0.05) is 5.56 Å². The van der Waals surface area contributed by atoms with E-state index in [4.69, 9.17) is 4.42 Å². The van der Waals surface area contributed by atoms with Crippen molar-refractivity contribution in [1.29, 1.82) is 0 Å². The van der Waals surface area contributed by atoms with Gasteiger partial charge in [-0.15, -0.1) is 0 Å². The maximum Gasteiger partial charge on any atom is 0.307 e. The van der Waals surface area contributed by atoms with Crippen LogP contribution in [0.25, 0.3) is 0 Å². The molecular formula is C14H14N2O2. The number of rotatable bonds is 3. The van der Waals surface area contributed by atoms with Crippen LogP contribution in [0.15, 0.2) is 46.1 Å². The first-order valence-corrected chi connectivity index (χ1v) is 5.61. The van der Waals surface area contributed by atoms with Crippen molar-refractivity contribution < 1.29 is 9.21 Å². The minimum Gasteiger partial charge on any atom is -0.459 e. The third-order valence-corrected chi connectivity index (χ3v) is 2.65. The molecule has 0 atom stereocenters. The maximum absolute atomic E-state index is 11.5. The van der Waals surface area contributed by atoms with E-state index in [2.05, 4.69) is 10.5 Å². The van der Waals surface area contributed by atoms with Crippen molar-refractivity contribution in [3.63, 3.8) is 0 Å². The van der Waals surface area contributed by atoms with Crippen molar-refractivity contribution >= 4 is 12.1 Å². The highest BCUT2D eigenvalue weighted by Gasteiger charge is 2.06. The number of carbonyl (C=O) groups excluding carboxylic acids is 1. The zero-order chi connectivity index (χ0) is 13.0. The molecule has 0 aliphatic heterocycles. The quantitative estimate of drug-likeness (QED) is 0.664. The fourth-order valence-corrected chi connectivity index (χ4v) is 1.65. The molecule has 92 valence electrons. The molecule has 0 aliphatic carbocycles. The van der Waals surface area contributed by atoms with Crippen molar-refractivity contribution in [1.82, 2.24) is 5.43 Å². The summed E-state index contributed by atoms with van der Waals surface area (Å²) in [5, 5.41) is 3.93. The number of hydrazone groups is 1. The van der Waals surface area contributed by atoms with Gasteiger partial charge in [-0.3, -0.25) is 4.79 Å². The van der Waals surface area contributed by atoms with E-state index in [1.165, 1.54) is 6.26 Å². The highest BCUT2D eigenvalue weighted by molar-refractivity contribution is 5.92. The zero-order valence-corrected chi connectivity index (χ0v) is 10.3. The van der Waals surface area contributed by atoms with E-state index in [0.717, 1.165) is 16.7 Å². The number of hydrogen-bond donors (Lipinski definition) is 1. The number of aryl methyl sites for hydroxylation is 2. The minimum atomic E-state index is -0.359. The fourth-order valence-electron chi connectivity index (χ4n) is 1.65. The molecule has 0 bridgehead atoms. The summed E-state index contributed by atoms with van der Waals surface area (Å²) in [6, 6.07) is 9.24. The molecular weight excluding hydrogens is 228 g/mol. The van der Waals surface area contributed by atoms with Crippen LogP contribution in [0.1, 0.15) is 27.2 Å². The zero-order valence-electron chi connectivity index (χ0n) is 10.3. The largest absolute Gasteiger partial charge is 0.459 e. The van der Waals surface area contributed by atoms with Crippen LogP contribution in [0.3, 0.4) is 0 Å². The van der Waals surface area contributed by atoms with Crippen molar-refractivity contribution in [3.05, 3.63) is 59.0 Å². The first-order valence-electron chi connectivity index (χ1n) is 5.61. The van der Waals surface area contributed by atoms with E-state index in [0.29, 0.717) is 0 Å². The van der Waals surface area contributed by atoms with Crippen LogP contribution in [-0.4, -0.2) is 12.1 Å². The molecule has 0 aliphatic rings. The Morgan fingerprint density at radius 2 is 1.94 bits per heavy atom. The van der Waals surface area contributed by atoms with Crippen molar-refractivity contribution in [2.75, 3.05) is 0 Å². The Morgan fingerprint density at radius 1 is 1.22 bits per heavy atom. The first kappa shape index (κ1) is 12.1. The number of benzene rings is 1. The smallest absolute Gasteiger partial charge is 0.307 e. The Kier molecular flexibility index (Phi) is 3.57. The number of hydrogen-bond acceptors (Lipinski definition) is 3. The molecule has 18 heavy (non-hydrogen) atoms. The average molecular weight is 242 g/mol. The number of carbonyl (C=O) groups is 1. The molecule has 0 saturated heterocycles. The van der Waals surface area contributed by atoms with Crippen LogP contribution >= 0.6 is 0 Å². The van der Waals surface area contributed by atoms with Crippen LogP contribution in [0.5, 0.6) is 0 Å². The molecule has 0 spiro atoms. The second-order valence-electron chi connectivity index (χ2n) is 3.98. The SMILES string of the molecule is Cc1cccc(C)c1/C=N\NC(=O)c1ccco1. The van der Waals surface area contributed by atoms with Crippen LogP contribution < -0.4 is 5.43 Å². The molecule has 4 nitrogen and oxygen atoms in total. The van der Waals surface area contributed by atoms with E-state index >= 15 is 0 Å². The molecule has 2 rings (SSSR count). The van der Waals surface area contributed by atoms with Crippen LogP contribution in [0.4, 0.5) is 0 Å². The molecule has 0 unspecified atom stereocenters. The van der Waals surface area contributed by atoms with Crippen LogP contribution in [0, 0.1) is 13.8 Å². The third-order valence-electron chi connectivity index (χ3n) is 2.65. The van der Waals surface area contributed by atoms with Gasteiger partial charge in [-0.1, -0.05) is 18.2 Å². The molecule has 0 radical (unpaired) electrons. The predicted molar refractivity (Wildman–Crippen MR) is 69.7 cm³/mol. The normalized spacial score (nSPS) is 10.8. The Morgan fingerprint density at radius 3 is 2.56 bits per heavy atom. The summed E-state index contributed by atoms with van der Waals surface area (Å²) < 4.78 is 4.96. The van der Waals surface area contributed by atoms with Gasteiger partial charge in [0.25, 0.3) is 0 Å². The molecule has 1 amide bonds. The third kappa shape index (κ3) is 2.66. The first-order chi connectivity index (χ1) is 8.68. The summed E-state index contributed by atoms with van der Waals surface area (Å²) in [5.74, 6) is -0.115. The Balaban J connectivity index is 2.06. The highest BCUT2D eigenvalue weighted by atomic mass is 16.3. The Labute approximate surface area is 105 Å². The van der Waals surface area contributed by atoms with Gasteiger partial charge in [0.05, 0.1) is 12.5 Å². The lowest BCUT2D eigenvalue weighted by Crippen LogP contribution is -2.16. The number of furan rings is 1. The minimum absolute atomic E-state index is 0.244. The van der Waals surface area contributed by atoms with E-state index in [9.17, 15) is 4.79 Å². The van der Waals surface area contributed by atoms with Crippen molar-refractivity contribution in [2.24, 2.45) is 5.10 Å². The molecule has 1 N–H and O–H groups in total. The van der Waals surface area contributed by atoms with E-state index < -0.39 is 0 Å². The van der Waals surface area contributed by atoms with Gasteiger partial charge in [0.1, 0.15) is 0 Å². The maximum atomic E-state index is 11.5. The Bertz CT molecular complexity index is 551. The van der Waals surface area contributed by atoms with Gasteiger partial charge >= 0.3 is 5.91 Å². The van der Waals surface area contributed by atoms with E-state index in [1.807, 2.05) is 32.0 Å². The predicted octanol–water partition coefficient (Wildman–Crippen LogP) is 2.66. The summed E-state index contributed by atoms with van der Waals surface area (Å²) in [4.78, 5) is 11.5. The number of amides is 1. The summed E-state index contributed by atoms with van der Waals surface area (Å²) in [5.41, 5.74) is 5.67. The van der Waals surface area contributed by atoms with Gasteiger partial charge < -0.3 is 4.42 Å². The molecule has 1 aromatic heterocycles. The van der Waals surface area contributed by atoms with E-state index in [-0.39, 0.29) is 11.7 Å². The van der Waals surface area contributed by atoms with Gasteiger partial charge in [0.15, 0.2) is 5.76 Å². The van der Waals surface area contributed by atoms with Gasteiger partial charge in [-0.25, -0.2) is 5.43 Å². The summed E-state index contributed by atoms with van der Waals surface area (Å²) in [6.07, 6.45) is 3.09. The molecule has 0 fully saturated rings. The lowest BCUT2D eigenvalue weighted by atomic mass is 10.0. The topological polar surface area (TPSA) is 54.6 Å². The summed E-state index contributed by atoms with van der Waals surface area (Å²) >= 11 is 0. The standard InChI is InChI=1S/C14H14N2O2/c1-10-5-3-6-11(2)12(10)9-15-16-14(17)13-7-4-8-18-13/h3-9H,1-2H3,(H,16,17)/b15-9-. The molecule has 0 saturated carbocycles. The number of nitrogens with one attached hydrogen (secondary N) is 1. The van der Waals surface area contributed by atoms with Crippen LogP contribution in [-0.2, 0) is 0 Å². The fraction of sp³-hybridized carbons (Fsp3) is 0.143. The molecule has 2 aromatic rings.